The molecule has 2 aromatic rings. The Labute approximate surface area is 119 Å². The van der Waals surface area contributed by atoms with Gasteiger partial charge in [-0.05, 0) is 30.3 Å². The zero-order valence-corrected chi connectivity index (χ0v) is 11.2. The Kier molecular flexibility index (Phi) is 4.07. The van der Waals surface area contributed by atoms with E-state index in [1.54, 1.807) is 24.3 Å². The summed E-state index contributed by atoms with van der Waals surface area (Å²) in [6.07, 6.45) is 1.51. The first kappa shape index (κ1) is 13.1. The molecular formula is C12H7Cl3N2O. The lowest BCUT2D eigenvalue weighted by Crippen LogP contribution is -2.12. The number of rotatable bonds is 2. The van der Waals surface area contributed by atoms with Crippen molar-refractivity contribution in [1.29, 1.82) is 0 Å². The smallest absolute Gasteiger partial charge is 0.256 e. The summed E-state index contributed by atoms with van der Waals surface area (Å²) in [5.41, 5.74) is 0.395. The number of nitrogens with zero attached hydrogens (tertiary/aromatic N) is 1. The summed E-state index contributed by atoms with van der Waals surface area (Å²) in [4.78, 5) is 15.9. The lowest BCUT2D eigenvalue weighted by Gasteiger charge is -2.05. The van der Waals surface area contributed by atoms with Gasteiger partial charge in [-0.15, -0.1) is 0 Å². The van der Waals surface area contributed by atoms with Gasteiger partial charge in [0.1, 0.15) is 5.82 Å². The van der Waals surface area contributed by atoms with Gasteiger partial charge in [0.2, 0.25) is 0 Å². The number of benzene rings is 1. The number of hydrogen-bond acceptors (Lipinski definition) is 2. The fraction of sp³-hybridized carbons (Fsp3) is 0. The molecule has 0 bridgehead atoms. The molecule has 18 heavy (non-hydrogen) atoms. The van der Waals surface area contributed by atoms with Crippen LogP contribution in [0.4, 0.5) is 5.82 Å². The van der Waals surface area contributed by atoms with Crippen molar-refractivity contribution >= 4 is 46.5 Å². The lowest BCUT2D eigenvalue weighted by atomic mass is 10.2. The zero-order valence-electron chi connectivity index (χ0n) is 8.95. The first-order valence-corrected chi connectivity index (χ1v) is 6.07. The second-order valence-electron chi connectivity index (χ2n) is 3.44. The Morgan fingerprint density at radius 3 is 2.50 bits per heavy atom. The highest BCUT2D eigenvalue weighted by Crippen LogP contribution is 2.23. The van der Waals surface area contributed by atoms with E-state index >= 15 is 0 Å². The Morgan fingerprint density at radius 1 is 1.06 bits per heavy atom. The summed E-state index contributed by atoms with van der Waals surface area (Å²) >= 11 is 17.4. The van der Waals surface area contributed by atoms with Crippen LogP contribution in [0.5, 0.6) is 0 Å². The van der Waals surface area contributed by atoms with Crippen molar-refractivity contribution in [2.45, 2.75) is 0 Å². The van der Waals surface area contributed by atoms with E-state index in [-0.39, 0.29) is 5.91 Å². The molecule has 0 fully saturated rings. The molecule has 6 heteroatoms. The van der Waals surface area contributed by atoms with Crippen LogP contribution < -0.4 is 5.32 Å². The Hall–Kier alpha value is -1.29. The van der Waals surface area contributed by atoms with Crippen LogP contribution in [0.2, 0.25) is 15.1 Å². The fourth-order valence-electron chi connectivity index (χ4n) is 1.30. The van der Waals surface area contributed by atoms with Gasteiger partial charge in [-0.3, -0.25) is 4.79 Å². The summed E-state index contributed by atoms with van der Waals surface area (Å²) in [7, 11) is 0. The zero-order chi connectivity index (χ0) is 13.1. The molecule has 92 valence electrons. The van der Waals surface area contributed by atoms with E-state index in [1.165, 1.54) is 12.3 Å². The highest BCUT2D eigenvalue weighted by molar-refractivity contribution is 6.42. The standard InChI is InChI=1S/C12H7Cl3N2O/c13-8-3-4-16-11(6-8)17-12(18)7-1-2-9(14)10(15)5-7/h1-6H,(H,16,17,18). The molecule has 2 rings (SSSR count). The van der Waals surface area contributed by atoms with Gasteiger partial charge in [-0.1, -0.05) is 34.8 Å². The molecule has 3 nitrogen and oxygen atoms in total. The minimum absolute atomic E-state index is 0.323. The molecule has 0 spiro atoms. The van der Waals surface area contributed by atoms with Crippen molar-refractivity contribution in [2.75, 3.05) is 5.32 Å². The van der Waals surface area contributed by atoms with Crippen LogP contribution in [-0.4, -0.2) is 10.9 Å². The molecule has 0 aliphatic rings. The molecule has 1 heterocycles. The van der Waals surface area contributed by atoms with Crippen LogP contribution in [0.15, 0.2) is 36.5 Å². The monoisotopic (exact) mass is 300 g/mol. The molecule has 0 radical (unpaired) electrons. The quantitative estimate of drug-likeness (QED) is 0.899. The number of pyridine rings is 1. The Morgan fingerprint density at radius 2 is 1.83 bits per heavy atom. The number of anilines is 1. The molecular weight excluding hydrogens is 295 g/mol. The highest BCUT2D eigenvalue weighted by atomic mass is 35.5. The molecule has 0 aliphatic carbocycles. The third-order valence-electron chi connectivity index (χ3n) is 2.15. The molecule has 0 aliphatic heterocycles. The maximum atomic E-state index is 11.9. The van der Waals surface area contributed by atoms with E-state index in [1.807, 2.05) is 0 Å². The number of halogens is 3. The largest absolute Gasteiger partial charge is 0.307 e. The topological polar surface area (TPSA) is 42.0 Å². The molecule has 1 aromatic carbocycles. The summed E-state index contributed by atoms with van der Waals surface area (Å²) in [5.74, 6) is 0.0434. The lowest BCUT2D eigenvalue weighted by molar-refractivity contribution is 0.102. The molecule has 0 saturated carbocycles. The van der Waals surface area contributed by atoms with Crippen LogP contribution in [0.1, 0.15) is 10.4 Å². The first-order valence-electron chi connectivity index (χ1n) is 4.94. The maximum absolute atomic E-state index is 11.9. The first-order chi connectivity index (χ1) is 8.56. The Balaban J connectivity index is 2.19. The minimum Gasteiger partial charge on any atom is -0.307 e. The number of nitrogens with one attached hydrogen (secondary N) is 1. The summed E-state index contributed by atoms with van der Waals surface area (Å²) in [5, 5.41) is 3.82. The number of carbonyl (C=O) groups is 1. The molecule has 1 N–H and O–H groups in total. The molecule has 0 saturated heterocycles. The average molecular weight is 302 g/mol. The second kappa shape index (κ2) is 5.57. The van der Waals surface area contributed by atoms with Crippen LogP contribution in [-0.2, 0) is 0 Å². The van der Waals surface area contributed by atoms with E-state index in [0.717, 1.165) is 0 Å². The third kappa shape index (κ3) is 3.13. The van der Waals surface area contributed by atoms with Gasteiger partial charge >= 0.3 is 0 Å². The van der Waals surface area contributed by atoms with Gasteiger partial charge < -0.3 is 5.32 Å². The molecule has 1 aromatic heterocycles. The number of hydrogen-bond donors (Lipinski definition) is 1. The predicted octanol–water partition coefficient (Wildman–Crippen LogP) is 4.29. The van der Waals surface area contributed by atoms with Crippen LogP contribution in [0, 0.1) is 0 Å². The van der Waals surface area contributed by atoms with Crippen molar-refractivity contribution in [3.63, 3.8) is 0 Å². The molecule has 0 atom stereocenters. The number of aromatic nitrogens is 1. The van der Waals surface area contributed by atoms with Crippen molar-refractivity contribution in [2.24, 2.45) is 0 Å². The van der Waals surface area contributed by atoms with E-state index < -0.39 is 0 Å². The highest BCUT2D eigenvalue weighted by Gasteiger charge is 2.09. The number of carbonyl (C=O) groups excluding carboxylic acids is 1. The van der Waals surface area contributed by atoms with Crippen molar-refractivity contribution in [1.82, 2.24) is 4.98 Å². The summed E-state index contributed by atoms with van der Waals surface area (Å²) in [6, 6.07) is 7.80. The van der Waals surface area contributed by atoms with Gasteiger partial charge in [0.15, 0.2) is 0 Å². The van der Waals surface area contributed by atoms with Gasteiger partial charge in [0.25, 0.3) is 5.91 Å². The third-order valence-corrected chi connectivity index (χ3v) is 3.12. The van der Waals surface area contributed by atoms with Crippen LogP contribution in [0.25, 0.3) is 0 Å². The Bertz CT molecular complexity index is 602. The molecule has 1 amide bonds. The van der Waals surface area contributed by atoms with Gasteiger partial charge in [-0.25, -0.2) is 4.98 Å². The second-order valence-corrected chi connectivity index (χ2v) is 4.69. The minimum atomic E-state index is -0.330. The average Bonchev–Trinajstić information content (AvgIpc) is 2.32. The van der Waals surface area contributed by atoms with Gasteiger partial charge in [-0.2, -0.15) is 0 Å². The summed E-state index contributed by atoms with van der Waals surface area (Å²) < 4.78 is 0. The van der Waals surface area contributed by atoms with Crippen molar-refractivity contribution in [3.8, 4) is 0 Å². The van der Waals surface area contributed by atoms with Crippen LogP contribution in [0.3, 0.4) is 0 Å². The van der Waals surface area contributed by atoms with E-state index in [4.69, 9.17) is 34.8 Å². The van der Waals surface area contributed by atoms with Crippen molar-refractivity contribution in [3.05, 3.63) is 57.2 Å². The van der Waals surface area contributed by atoms with E-state index in [9.17, 15) is 4.79 Å². The molecule has 0 unspecified atom stereocenters. The normalized spacial score (nSPS) is 10.2. The predicted molar refractivity (Wildman–Crippen MR) is 73.7 cm³/mol. The summed E-state index contributed by atoms with van der Waals surface area (Å²) in [6.45, 7) is 0. The van der Waals surface area contributed by atoms with Crippen molar-refractivity contribution < 1.29 is 4.79 Å². The van der Waals surface area contributed by atoms with Gasteiger partial charge in [0.05, 0.1) is 10.0 Å². The number of amides is 1. The maximum Gasteiger partial charge on any atom is 0.256 e. The SMILES string of the molecule is O=C(Nc1cc(Cl)ccn1)c1ccc(Cl)c(Cl)c1. The van der Waals surface area contributed by atoms with E-state index in [2.05, 4.69) is 10.3 Å². The van der Waals surface area contributed by atoms with Gasteiger partial charge in [0, 0.05) is 16.8 Å². The fourth-order valence-corrected chi connectivity index (χ4v) is 1.76. The van der Waals surface area contributed by atoms with Crippen LogP contribution >= 0.6 is 34.8 Å². The van der Waals surface area contributed by atoms with E-state index in [0.29, 0.717) is 26.4 Å².